The van der Waals surface area contributed by atoms with Gasteiger partial charge in [-0.25, -0.2) is 47.8 Å². The van der Waals surface area contributed by atoms with Crippen molar-refractivity contribution in [1.82, 2.24) is 24.9 Å². The Morgan fingerprint density at radius 1 is 0.343 bits per heavy atom. The van der Waals surface area contributed by atoms with Gasteiger partial charge < -0.3 is 22.1 Å². The predicted octanol–water partition coefficient (Wildman–Crippen LogP) is 29.7. The van der Waals surface area contributed by atoms with Crippen molar-refractivity contribution in [2.24, 2.45) is 40.7 Å². The minimum Gasteiger partial charge on any atom is -0.437 e. The summed E-state index contributed by atoms with van der Waals surface area (Å²) >= 11 is 0. The molecule has 5 aromatic carbocycles. The molecule has 0 aliphatic heterocycles. The number of hydrogen-bond acceptors (Lipinski definition) is 10. The zero-order valence-corrected chi connectivity index (χ0v) is 81.7. The van der Waals surface area contributed by atoms with Crippen LogP contribution in [0.25, 0.3) is 167 Å². The summed E-state index contributed by atoms with van der Waals surface area (Å²) in [4.78, 5) is 22.9. The van der Waals surface area contributed by atoms with Gasteiger partial charge in [-0.3, -0.25) is 0 Å². The number of hydrogen-bond donors (Lipinski definition) is 0. The third-order valence-corrected chi connectivity index (χ3v) is 26.7. The molecule has 15 heterocycles. The van der Waals surface area contributed by atoms with Gasteiger partial charge in [0.05, 0.1) is 27.8 Å². The summed E-state index contributed by atoms with van der Waals surface area (Å²) in [6, 6.07) is 53.6. The molecule has 0 bridgehead atoms. The van der Waals surface area contributed by atoms with Crippen LogP contribution in [0.15, 0.2) is 223 Å². The smallest absolute Gasteiger partial charge is 0.227 e. The van der Waals surface area contributed by atoms with Crippen LogP contribution in [0.1, 0.15) is 287 Å². The van der Waals surface area contributed by atoms with Gasteiger partial charge >= 0.3 is 0 Å². The molecule has 137 heavy (non-hydrogen) atoms. The number of fused-ring (bicyclic) bond motifs is 15. The second-order valence-electron chi connectivity index (χ2n) is 37.2. The first kappa shape index (κ1) is 66.9. The van der Waals surface area contributed by atoms with Crippen LogP contribution < -0.4 is 22.8 Å². The molecule has 2 aliphatic rings. The van der Waals surface area contributed by atoms with E-state index in [4.69, 9.17) is 57.7 Å². The summed E-state index contributed by atoms with van der Waals surface area (Å²) in [5.41, 5.74) is 27.1. The van der Waals surface area contributed by atoms with E-state index in [2.05, 4.69) is 164 Å². The van der Waals surface area contributed by atoms with Crippen molar-refractivity contribution >= 4 is 110 Å². The first-order valence-electron chi connectivity index (χ1n) is 59.8. The topological polar surface area (TPSA) is 150 Å². The van der Waals surface area contributed by atoms with Crippen molar-refractivity contribution in [3.8, 4) is 56.3 Å². The van der Waals surface area contributed by atoms with Crippen LogP contribution >= 0.6 is 0 Å². The van der Waals surface area contributed by atoms with Crippen molar-refractivity contribution in [2.45, 2.75) is 238 Å². The molecule has 0 N–H and O–H groups in total. The second kappa shape index (κ2) is 38.3. The quantitative estimate of drug-likeness (QED) is 0.108. The molecule has 2 fully saturated rings. The molecule has 0 radical (unpaired) electrons. The summed E-state index contributed by atoms with van der Waals surface area (Å²) in [6.45, 7) is 15.2. The molecular weight excluding hydrogens is 1690 g/mol. The van der Waals surface area contributed by atoms with Crippen LogP contribution in [0, 0.1) is 74.7 Å². The summed E-state index contributed by atoms with van der Waals surface area (Å²) in [5.74, 6) is -8.93. The van der Waals surface area contributed by atoms with Crippen LogP contribution in [0.2, 0.25) is 0 Å². The van der Waals surface area contributed by atoms with E-state index in [1.54, 1.807) is 96.4 Å². The van der Waals surface area contributed by atoms with Gasteiger partial charge in [-0.05, 0) is 249 Å². The summed E-state index contributed by atoms with van der Waals surface area (Å²) in [7, 11) is 9.55. The fourth-order valence-corrected chi connectivity index (χ4v) is 18.9. The van der Waals surface area contributed by atoms with Gasteiger partial charge in [-0.2, -0.15) is 0 Å². The van der Waals surface area contributed by atoms with Gasteiger partial charge in [-0.15, -0.1) is 0 Å². The molecule has 0 saturated heterocycles. The van der Waals surface area contributed by atoms with E-state index < -0.39 is 88.3 Å². The van der Waals surface area contributed by atoms with Crippen LogP contribution in [-0.2, 0) is 48.1 Å². The average Bonchev–Trinajstić information content (AvgIpc) is 1.61. The average molecular weight is 1850 g/mol. The Hall–Kier alpha value is -13.4. The molecule has 4 unspecified atom stereocenters. The van der Waals surface area contributed by atoms with E-state index in [9.17, 15) is 0 Å². The molecule has 2 aliphatic carbocycles. The molecule has 4 atom stereocenters. The Balaban J connectivity index is 0.000000132. The molecule has 698 valence electrons. The van der Waals surface area contributed by atoms with Gasteiger partial charge in [0, 0.05) is 188 Å². The monoisotopic (exact) mass is 1850 g/mol. The highest BCUT2D eigenvalue weighted by molar-refractivity contribution is 6.13. The summed E-state index contributed by atoms with van der Waals surface area (Å²) < 4.78 is 252. The van der Waals surface area contributed by atoms with Crippen molar-refractivity contribution in [1.29, 1.82) is 0 Å². The molecule has 0 amide bonds. The molecule has 20 aromatic rings. The highest BCUT2D eigenvalue weighted by atomic mass is 16.4. The normalized spacial score (nSPS) is 20.2. The summed E-state index contributed by atoms with van der Waals surface area (Å²) in [6.07, 6.45) is 5.96. The SMILES string of the molecule is CCc1ccc2c(n1)oc1c(-c3cc(C)c(C)c[n+]3C)c(C)ccc12.Cc1ccc2c(n1)oc1c(-c3cc(C)c(C)c[n+]3C)c(C)ccc12.[2H]C([2H])([2H])C([2H])(C)c1ccc(-c2c(C)ccc3c2oc2nc(C4([2H])C([2H])([2H])CCCC4([2H])[2H])ccc23)[n+](C)c1.[2H]C([2H])([2H])C([2H])(C)c1ccc(-c2c(C)ccc3c2oc2nc(C4([2H])CCCC4([2H])[2H])ccc23)[n+](C)c1.[2H]C([2H])([2H])C([2H])(C)c1ccc(-c2c(C)ccc3c2oc2nc(CC(C)(C([2H])([2H])[2H])C([2H])([2H])[2H])ccc23)[n+](C)c1. The fraction of sp³-hybridized carbons (Fsp3) is 0.344. The second-order valence-corrected chi connectivity index (χ2v) is 37.2. The van der Waals surface area contributed by atoms with Crippen molar-refractivity contribution in [3.63, 3.8) is 0 Å². The number of rotatable bonds is 12. The van der Waals surface area contributed by atoms with Crippen LogP contribution in [0.5, 0.6) is 0 Å². The highest BCUT2D eigenvalue weighted by Gasteiger charge is 2.31. The lowest BCUT2D eigenvalue weighted by atomic mass is 9.86. The lowest BCUT2D eigenvalue weighted by Crippen LogP contribution is -2.31. The number of aryl methyl sites for hydroxylation is 16. The third kappa shape index (κ3) is 18.6. The Kier molecular flexibility index (Phi) is 18.7. The van der Waals surface area contributed by atoms with E-state index in [0.29, 0.717) is 92.7 Å². The maximum atomic E-state index is 9.02. The number of furan rings is 5. The van der Waals surface area contributed by atoms with E-state index in [-0.39, 0.29) is 36.4 Å². The highest BCUT2D eigenvalue weighted by Crippen LogP contribution is 2.46. The lowest BCUT2D eigenvalue weighted by molar-refractivity contribution is -0.661. The molecule has 15 heteroatoms. The first-order valence-corrected chi connectivity index (χ1v) is 46.8. The Bertz CT molecular complexity index is 9340. The molecule has 22 rings (SSSR count). The minimum atomic E-state index is -2.73. The molecular formula is C122H135N10O5+5. The summed E-state index contributed by atoms with van der Waals surface area (Å²) in [5, 5.41) is 8.94. The lowest BCUT2D eigenvalue weighted by Gasteiger charge is -2.20. The largest absolute Gasteiger partial charge is 0.437 e. The zero-order valence-electron chi connectivity index (χ0n) is 108. The van der Waals surface area contributed by atoms with Crippen LogP contribution in [-0.4, -0.2) is 24.9 Å². The number of pyridine rings is 10. The third-order valence-electron chi connectivity index (χ3n) is 26.7. The molecule has 15 aromatic heterocycles. The van der Waals surface area contributed by atoms with Gasteiger partial charge in [0.1, 0.15) is 35.2 Å². The van der Waals surface area contributed by atoms with E-state index in [1.807, 2.05) is 93.9 Å². The molecule has 0 spiro atoms. The van der Waals surface area contributed by atoms with Crippen molar-refractivity contribution in [2.75, 3.05) is 0 Å². The molecule has 2 saturated carbocycles. The first-order chi connectivity index (χ1) is 75.7. The van der Waals surface area contributed by atoms with Crippen LogP contribution in [0.4, 0.5) is 0 Å². The number of nitrogens with zero attached hydrogens (tertiary/aromatic N) is 10. The minimum absolute atomic E-state index is 0.00339. The Labute approximate surface area is 843 Å². The van der Waals surface area contributed by atoms with Gasteiger partial charge in [0.15, 0.2) is 58.9 Å². The predicted molar refractivity (Wildman–Crippen MR) is 560 cm³/mol. The fourth-order valence-electron chi connectivity index (χ4n) is 18.9. The van der Waals surface area contributed by atoms with Gasteiger partial charge in [-0.1, -0.05) is 162 Å². The number of benzene rings is 5. The zero-order chi connectivity index (χ0) is 119. The molecule has 15 nitrogen and oxygen atoms in total. The van der Waals surface area contributed by atoms with Crippen molar-refractivity contribution in [3.05, 3.63) is 296 Å². The van der Waals surface area contributed by atoms with E-state index >= 15 is 0 Å². The van der Waals surface area contributed by atoms with Crippen LogP contribution in [0.3, 0.4) is 0 Å². The standard InChI is InChI=1S/C27H31N2O.C26H29N2O.C26H31N2O.C22H23N2O.C21H21N2O/c1-17(2)20-11-15-24(29(4)16-20)25-18(3)10-12-21-22-13-14-23(19-8-6-5-7-9-19)28-27(22)30-26(21)25;1-16(2)19-10-14-23(28(4)15-19)24-17(3)9-11-20-21-12-13-22(18-7-5-6-8-18)27-26(21)29-25(20)24;1-16(2)18-9-13-22(28(7)15-18)23-17(3)8-11-20-21-12-10-19(14-26(4,5)6)27-25(21)29-24(20)23;1-6-16-8-10-18-17-9-7-13(2)20(21(17)25-22(18)23-16)19-11-14(3)15(4)12-24(19)5;1-12-6-8-16-17-9-7-15(4)22-21(17)24-20(16)19(12)18-10-13(2)14(3)11-23(18)5/h10-17,19H,5-9H2,1-4H3;9-16,18H,5-8H2,1-4H3;8-13,15-16H,14H2,1-7H3;7-12H,6H2,1-5H3;6-11H,1-5H3/q5*+1/i1D3,8D2,9D2,17D,19D;1D3,7D2,16D,18D;1D3,4D3,5D3,16D;;. The van der Waals surface area contributed by atoms with Gasteiger partial charge in [0.2, 0.25) is 57.0 Å². The van der Waals surface area contributed by atoms with Gasteiger partial charge in [0.25, 0.3) is 0 Å². The number of aromatic nitrogens is 10. The Morgan fingerprint density at radius 2 is 0.657 bits per heavy atom. The maximum Gasteiger partial charge on any atom is 0.227 e. The maximum absolute atomic E-state index is 9.02. The Morgan fingerprint density at radius 3 is 1.01 bits per heavy atom. The van der Waals surface area contributed by atoms with Crippen molar-refractivity contribution < 1.29 is 80.6 Å². The van der Waals surface area contributed by atoms with E-state index in [0.717, 1.165) is 145 Å². The van der Waals surface area contributed by atoms with E-state index in [1.165, 1.54) is 72.8 Å².